The van der Waals surface area contributed by atoms with E-state index in [0.29, 0.717) is 6.10 Å². The Bertz CT molecular complexity index is 399. The summed E-state index contributed by atoms with van der Waals surface area (Å²) in [5.41, 5.74) is 4.14. The van der Waals surface area contributed by atoms with Gasteiger partial charge in [0.2, 0.25) is 0 Å². The van der Waals surface area contributed by atoms with Crippen molar-refractivity contribution < 1.29 is 4.74 Å². The number of anilines is 1. The topological polar surface area (TPSA) is 33.3 Å². The first kappa shape index (κ1) is 12.0. The molecule has 2 heterocycles. The van der Waals surface area contributed by atoms with E-state index in [-0.39, 0.29) is 0 Å². The van der Waals surface area contributed by atoms with E-state index < -0.39 is 0 Å². The number of benzene rings is 1. The van der Waals surface area contributed by atoms with E-state index >= 15 is 0 Å². The molecule has 0 bridgehead atoms. The first-order valence-electron chi connectivity index (χ1n) is 7.10. The van der Waals surface area contributed by atoms with E-state index in [1.807, 2.05) is 0 Å². The van der Waals surface area contributed by atoms with Crippen molar-refractivity contribution >= 4 is 5.69 Å². The first-order chi connectivity index (χ1) is 8.92. The van der Waals surface area contributed by atoms with Crippen molar-refractivity contribution in [1.82, 2.24) is 5.32 Å². The molecule has 1 aromatic rings. The van der Waals surface area contributed by atoms with Gasteiger partial charge < -0.3 is 15.4 Å². The highest BCUT2D eigenvalue weighted by molar-refractivity contribution is 5.56. The molecule has 98 valence electrons. The Morgan fingerprint density at radius 1 is 1.33 bits per heavy atom. The van der Waals surface area contributed by atoms with E-state index in [0.717, 1.165) is 26.2 Å². The number of fused-ring (bicyclic) bond motifs is 1. The zero-order chi connectivity index (χ0) is 12.2. The molecule has 2 aliphatic heterocycles. The van der Waals surface area contributed by atoms with Gasteiger partial charge in [0, 0.05) is 31.9 Å². The third kappa shape index (κ3) is 2.85. The van der Waals surface area contributed by atoms with Crippen LogP contribution in [0.25, 0.3) is 0 Å². The summed E-state index contributed by atoms with van der Waals surface area (Å²) in [6.45, 7) is 3.94. The van der Waals surface area contributed by atoms with Gasteiger partial charge in [-0.1, -0.05) is 12.1 Å². The maximum Gasteiger partial charge on any atom is 0.0699 e. The molecule has 1 saturated heterocycles. The average molecular weight is 246 g/mol. The molecule has 0 radical (unpaired) electrons. The van der Waals surface area contributed by atoms with Crippen molar-refractivity contribution in [2.24, 2.45) is 0 Å². The van der Waals surface area contributed by atoms with Crippen molar-refractivity contribution in [3.05, 3.63) is 29.3 Å². The molecular formula is C15H22N2O. The summed E-state index contributed by atoms with van der Waals surface area (Å²) < 4.78 is 5.72. The Kier molecular flexibility index (Phi) is 3.81. The number of hydrogen-bond donors (Lipinski definition) is 2. The third-order valence-corrected chi connectivity index (χ3v) is 3.86. The Balaban J connectivity index is 1.48. The molecule has 0 saturated carbocycles. The van der Waals surface area contributed by atoms with Crippen LogP contribution in [0.15, 0.2) is 18.2 Å². The van der Waals surface area contributed by atoms with Crippen LogP contribution in [0.1, 0.15) is 30.4 Å². The van der Waals surface area contributed by atoms with Crippen LogP contribution in [0.5, 0.6) is 0 Å². The fraction of sp³-hybridized carbons (Fsp3) is 0.600. The Morgan fingerprint density at radius 2 is 2.33 bits per heavy atom. The first-order valence-corrected chi connectivity index (χ1v) is 7.10. The standard InChI is InChI=1S/C15H22N2O/c1-2-8-18-14(3-1)11-16-10-12-4-5-13-6-7-17-15(13)9-12/h4-5,9,14,16-17H,1-3,6-8,10-11H2. The van der Waals surface area contributed by atoms with Gasteiger partial charge in [-0.25, -0.2) is 0 Å². The minimum atomic E-state index is 0.423. The van der Waals surface area contributed by atoms with E-state index in [1.165, 1.54) is 42.5 Å². The summed E-state index contributed by atoms with van der Waals surface area (Å²) in [5, 5.41) is 6.94. The molecule has 3 heteroatoms. The maximum atomic E-state index is 5.72. The largest absolute Gasteiger partial charge is 0.384 e. The van der Waals surface area contributed by atoms with Crippen LogP contribution in [-0.2, 0) is 17.7 Å². The lowest BCUT2D eigenvalue weighted by molar-refractivity contribution is 0.0168. The summed E-state index contributed by atoms with van der Waals surface area (Å²) in [6.07, 6.45) is 5.34. The summed E-state index contributed by atoms with van der Waals surface area (Å²) in [4.78, 5) is 0. The lowest BCUT2D eigenvalue weighted by Crippen LogP contribution is -2.31. The van der Waals surface area contributed by atoms with Crippen LogP contribution in [0.4, 0.5) is 5.69 Å². The Morgan fingerprint density at radius 3 is 3.22 bits per heavy atom. The van der Waals surface area contributed by atoms with E-state index in [4.69, 9.17) is 4.74 Å². The summed E-state index contributed by atoms with van der Waals surface area (Å²) >= 11 is 0. The van der Waals surface area contributed by atoms with E-state index in [1.54, 1.807) is 0 Å². The Labute approximate surface area is 109 Å². The van der Waals surface area contributed by atoms with Gasteiger partial charge in [0.1, 0.15) is 0 Å². The summed E-state index contributed by atoms with van der Waals surface area (Å²) in [6, 6.07) is 6.76. The van der Waals surface area contributed by atoms with Crippen molar-refractivity contribution in [3.63, 3.8) is 0 Å². The quantitative estimate of drug-likeness (QED) is 0.855. The molecule has 0 aliphatic carbocycles. The highest BCUT2D eigenvalue weighted by atomic mass is 16.5. The zero-order valence-corrected chi connectivity index (χ0v) is 10.9. The van der Waals surface area contributed by atoms with Gasteiger partial charge in [0.15, 0.2) is 0 Å². The highest BCUT2D eigenvalue weighted by Gasteiger charge is 2.13. The smallest absolute Gasteiger partial charge is 0.0699 e. The van der Waals surface area contributed by atoms with Crippen molar-refractivity contribution in [1.29, 1.82) is 0 Å². The monoisotopic (exact) mass is 246 g/mol. The normalized spacial score (nSPS) is 22.6. The van der Waals surface area contributed by atoms with Crippen LogP contribution in [0.3, 0.4) is 0 Å². The van der Waals surface area contributed by atoms with Gasteiger partial charge in [-0.15, -0.1) is 0 Å². The second kappa shape index (κ2) is 5.72. The zero-order valence-electron chi connectivity index (χ0n) is 10.9. The molecule has 0 aromatic heterocycles. The van der Waals surface area contributed by atoms with Crippen LogP contribution in [-0.4, -0.2) is 25.8 Å². The molecule has 18 heavy (non-hydrogen) atoms. The highest BCUT2D eigenvalue weighted by Crippen LogP contribution is 2.23. The van der Waals surface area contributed by atoms with Crippen molar-refractivity contribution in [3.8, 4) is 0 Å². The summed E-state index contributed by atoms with van der Waals surface area (Å²) in [7, 11) is 0. The van der Waals surface area contributed by atoms with Crippen LogP contribution in [0.2, 0.25) is 0 Å². The fourth-order valence-corrected chi connectivity index (χ4v) is 2.79. The molecule has 3 nitrogen and oxygen atoms in total. The van der Waals surface area contributed by atoms with Gasteiger partial charge >= 0.3 is 0 Å². The molecule has 1 fully saturated rings. The van der Waals surface area contributed by atoms with Crippen LogP contribution < -0.4 is 10.6 Å². The summed E-state index contributed by atoms with van der Waals surface area (Å²) in [5.74, 6) is 0. The fourth-order valence-electron chi connectivity index (χ4n) is 2.79. The minimum absolute atomic E-state index is 0.423. The second-order valence-electron chi connectivity index (χ2n) is 5.29. The molecular weight excluding hydrogens is 224 g/mol. The van der Waals surface area contributed by atoms with Crippen molar-refractivity contribution in [2.45, 2.75) is 38.3 Å². The van der Waals surface area contributed by atoms with Crippen LogP contribution >= 0.6 is 0 Å². The van der Waals surface area contributed by atoms with Gasteiger partial charge in [-0.05, 0) is 42.9 Å². The molecule has 1 unspecified atom stereocenters. The molecule has 2 N–H and O–H groups in total. The lowest BCUT2D eigenvalue weighted by atomic mass is 10.1. The van der Waals surface area contributed by atoms with Gasteiger partial charge in [0.25, 0.3) is 0 Å². The number of ether oxygens (including phenoxy) is 1. The number of hydrogen-bond acceptors (Lipinski definition) is 3. The average Bonchev–Trinajstić information content (AvgIpc) is 2.87. The van der Waals surface area contributed by atoms with Crippen molar-refractivity contribution in [2.75, 3.05) is 25.0 Å². The molecule has 1 atom stereocenters. The van der Waals surface area contributed by atoms with E-state index in [2.05, 4.69) is 28.8 Å². The Hall–Kier alpha value is -1.06. The number of rotatable bonds is 4. The second-order valence-corrected chi connectivity index (χ2v) is 5.29. The number of nitrogens with one attached hydrogen (secondary N) is 2. The van der Waals surface area contributed by atoms with Gasteiger partial charge in [0.05, 0.1) is 6.10 Å². The van der Waals surface area contributed by atoms with Gasteiger partial charge in [-0.3, -0.25) is 0 Å². The molecule has 3 rings (SSSR count). The predicted molar refractivity (Wildman–Crippen MR) is 73.9 cm³/mol. The molecule has 1 aromatic carbocycles. The molecule has 0 spiro atoms. The third-order valence-electron chi connectivity index (χ3n) is 3.86. The van der Waals surface area contributed by atoms with Crippen LogP contribution in [0, 0.1) is 0 Å². The predicted octanol–water partition coefficient (Wildman–Crippen LogP) is 2.31. The maximum absolute atomic E-state index is 5.72. The minimum Gasteiger partial charge on any atom is -0.384 e. The van der Waals surface area contributed by atoms with E-state index in [9.17, 15) is 0 Å². The molecule has 2 aliphatic rings. The van der Waals surface area contributed by atoms with Gasteiger partial charge in [-0.2, -0.15) is 0 Å². The molecule has 0 amide bonds. The lowest BCUT2D eigenvalue weighted by Gasteiger charge is -2.22. The SMILES string of the molecule is c1cc2c(cc1CNCC1CCCCO1)NCC2.